The highest BCUT2D eigenvalue weighted by molar-refractivity contribution is 5.87. The summed E-state index contributed by atoms with van der Waals surface area (Å²) in [5, 5.41) is 8.97. The van der Waals surface area contributed by atoms with E-state index in [2.05, 4.69) is 72.0 Å². The number of carbonyl (C=O) groups is 2. The molecule has 0 aliphatic carbocycles. The van der Waals surface area contributed by atoms with Gasteiger partial charge in [-0.25, -0.2) is 0 Å². The molecule has 6 nitrogen and oxygen atoms in total. The number of nitrogens with one attached hydrogen (secondary N) is 1. The molecule has 2 amide bonds. The van der Waals surface area contributed by atoms with Crippen molar-refractivity contribution in [1.29, 1.82) is 0 Å². The molecule has 1 N–H and O–H groups in total. The molecule has 6 heteroatoms. The summed E-state index contributed by atoms with van der Waals surface area (Å²) in [6, 6.07) is 35.0. The zero-order valence-corrected chi connectivity index (χ0v) is 23.5. The zero-order chi connectivity index (χ0) is 28.6. The lowest BCUT2D eigenvalue weighted by Crippen LogP contribution is -2.46. The third-order valence-corrected chi connectivity index (χ3v) is 8.50. The molecule has 0 aromatic heterocycles. The van der Waals surface area contributed by atoms with E-state index < -0.39 is 11.8 Å². The van der Waals surface area contributed by atoms with E-state index in [0.29, 0.717) is 25.4 Å². The van der Waals surface area contributed by atoms with Gasteiger partial charge >= 0.3 is 0 Å². The van der Waals surface area contributed by atoms with Crippen molar-refractivity contribution in [2.75, 3.05) is 19.6 Å². The molecular formula is C35H37N3O3. The first-order valence-electron chi connectivity index (χ1n) is 14.5. The zero-order valence-electron chi connectivity index (χ0n) is 23.5. The fourth-order valence-electron chi connectivity index (χ4n) is 6.18. The molecule has 4 aromatic rings. The van der Waals surface area contributed by atoms with E-state index in [0.717, 1.165) is 18.5 Å². The predicted molar refractivity (Wildman–Crippen MR) is 163 cm³/mol. The van der Waals surface area contributed by atoms with Crippen LogP contribution in [0.4, 0.5) is 0 Å². The Hall–Kier alpha value is -4.16. The van der Waals surface area contributed by atoms with Gasteiger partial charge in [-0.05, 0) is 59.7 Å². The number of hydrogen-bond donors (Lipinski definition) is 1. The van der Waals surface area contributed by atoms with Crippen LogP contribution in [0, 0.1) is 16.7 Å². The number of benzene rings is 4. The number of fused-ring (bicyclic) bond motifs is 1. The van der Waals surface area contributed by atoms with Gasteiger partial charge in [-0.3, -0.25) is 9.59 Å². The van der Waals surface area contributed by atoms with Crippen LogP contribution in [-0.2, 0) is 16.0 Å². The summed E-state index contributed by atoms with van der Waals surface area (Å²) in [6.45, 7) is 4.25. The van der Waals surface area contributed by atoms with Gasteiger partial charge in [0.05, 0.1) is 5.92 Å². The summed E-state index contributed by atoms with van der Waals surface area (Å²) < 4.78 is 0. The second-order valence-electron chi connectivity index (χ2n) is 11.1. The number of nitroso groups, excluding NO2 is 1. The molecule has 0 bridgehead atoms. The first-order chi connectivity index (χ1) is 20.0. The van der Waals surface area contributed by atoms with Gasteiger partial charge < -0.3 is 10.2 Å². The Bertz CT molecular complexity index is 1470. The molecule has 1 saturated heterocycles. The van der Waals surface area contributed by atoms with Crippen molar-refractivity contribution in [1.82, 2.24) is 10.2 Å². The summed E-state index contributed by atoms with van der Waals surface area (Å²) in [5.74, 6) is -1.10. The summed E-state index contributed by atoms with van der Waals surface area (Å²) >= 11 is 0. The molecule has 5 rings (SSSR count). The quantitative estimate of drug-likeness (QED) is 0.225. The molecule has 2 unspecified atom stereocenters. The number of hydrogen-bond acceptors (Lipinski definition) is 4. The van der Waals surface area contributed by atoms with Gasteiger partial charge in [-0.2, -0.15) is 0 Å². The van der Waals surface area contributed by atoms with Gasteiger partial charge in [-0.15, -0.1) is 4.91 Å². The fourth-order valence-corrected chi connectivity index (χ4v) is 6.18. The maximum Gasteiger partial charge on any atom is 0.290 e. The first kappa shape index (κ1) is 28.4. The maximum atomic E-state index is 13.5. The largest absolute Gasteiger partial charge is 0.342 e. The molecular weight excluding hydrogens is 510 g/mol. The van der Waals surface area contributed by atoms with Crippen LogP contribution in [0.1, 0.15) is 48.4 Å². The van der Waals surface area contributed by atoms with Gasteiger partial charge in [0.25, 0.3) is 5.91 Å². The van der Waals surface area contributed by atoms with E-state index in [-0.39, 0.29) is 24.3 Å². The van der Waals surface area contributed by atoms with Crippen LogP contribution in [-0.4, -0.2) is 36.3 Å². The van der Waals surface area contributed by atoms with Crippen LogP contribution < -0.4 is 5.32 Å². The standard InChI is InChI=1S/C35H37N3O3/c1-25(31-18-10-16-27-15-8-9-17-32(27)31)36-23-29-19-20-38(24-33(29)28-13-6-3-7-14-28)34(39)22-30(35(40)37-41)21-26-11-4-2-5-12-26/h2-18,25,29-30,33,36H,19-24H2,1H3/t25-,29?,30+,33?/m1/s1. The van der Waals surface area contributed by atoms with E-state index in [1.54, 1.807) is 0 Å². The van der Waals surface area contributed by atoms with Crippen LogP contribution in [0.5, 0.6) is 0 Å². The number of rotatable bonds is 10. The Morgan fingerprint density at radius 3 is 2.34 bits per heavy atom. The first-order valence-corrected chi connectivity index (χ1v) is 14.5. The van der Waals surface area contributed by atoms with E-state index in [1.807, 2.05) is 53.4 Å². The van der Waals surface area contributed by atoms with Gasteiger partial charge in [0.15, 0.2) is 0 Å². The monoisotopic (exact) mass is 547 g/mol. The minimum absolute atomic E-state index is 0.0119. The highest BCUT2D eigenvalue weighted by Gasteiger charge is 2.34. The summed E-state index contributed by atoms with van der Waals surface area (Å²) in [6.07, 6.45) is 1.16. The van der Waals surface area contributed by atoms with Crippen LogP contribution in [0.2, 0.25) is 0 Å². The average Bonchev–Trinajstić information content (AvgIpc) is 3.03. The van der Waals surface area contributed by atoms with Crippen molar-refractivity contribution in [3.05, 3.63) is 125 Å². The lowest BCUT2D eigenvalue weighted by Gasteiger charge is -2.40. The van der Waals surface area contributed by atoms with Crippen molar-refractivity contribution in [2.24, 2.45) is 17.0 Å². The van der Waals surface area contributed by atoms with E-state index in [4.69, 9.17) is 0 Å². The van der Waals surface area contributed by atoms with Crippen LogP contribution in [0.15, 0.2) is 108 Å². The highest BCUT2D eigenvalue weighted by atomic mass is 16.3. The summed E-state index contributed by atoms with van der Waals surface area (Å²) in [7, 11) is 0. The van der Waals surface area contributed by atoms with Crippen molar-refractivity contribution < 1.29 is 9.59 Å². The van der Waals surface area contributed by atoms with Crippen molar-refractivity contribution in [3.8, 4) is 0 Å². The number of nitrogens with zero attached hydrogens (tertiary/aromatic N) is 2. The second-order valence-corrected chi connectivity index (χ2v) is 11.1. The van der Waals surface area contributed by atoms with Crippen LogP contribution >= 0.6 is 0 Å². The van der Waals surface area contributed by atoms with Crippen molar-refractivity contribution in [3.63, 3.8) is 0 Å². The number of piperidine rings is 1. The SMILES string of the molecule is C[C@@H](NCC1CCN(C(=O)C[C@H](Cc2ccccc2)C(=O)N=O)CC1c1ccccc1)c1cccc2ccccc12. The molecule has 1 aliphatic rings. The Morgan fingerprint density at radius 2 is 1.59 bits per heavy atom. The van der Waals surface area contributed by atoms with Crippen molar-refractivity contribution >= 4 is 22.6 Å². The molecule has 1 fully saturated rings. The van der Waals surface area contributed by atoms with E-state index in [1.165, 1.54) is 21.9 Å². The Morgan fingerprint density at radius 1 is 0.902 bits per heavy atom. The smallest absolute Gasteiger partial charge is 0.290 e. The summed E-state index contributed by atoms with van der Waals surface area (Å²) in [4.78, 5) is 38.9. The van der Waals surface area contributed by atoms with Gasteiger partial charge in [0.2, 0.25) is 5.91 Å². The number of amides is 2. The van der Waals surface area contributed by atoms with Gasteiger partial charge in [0.1, 0.15) is 0 Å². The van der Waals surface area contributed by atoms with Crippen LogP contribution in [0.25, 0.3) is 10.8 Å². The van der Waals surface area contributed by atoms with Crippen LogP contribution in [0.3, 0.4) is 0 Å². The Kier molecular flexibility index (Phi) is 9.32. The van der Waals surface area contributed by atoms with Gasteiger partial charge in [0, 0.05) is 36.6 Å². The Balaban J connectivity index is 1.28. The average molecular weight is 548 g/mol. The number of carbonyl (C=O) groups excluding carboxylic acids is 2. The molecule has 41 heavy (non-hydrogen) atoms. The third-order valence-electron chi connectivity index (χ3n) is 8.50. The Labute approximate surface area is 241 Å². The molecule has 0 radical (unpaired) electrons. The molecule has 1 aliphatic heterocycles. The summed E-state index contributed by atoms with van der Waals surface area (Å²) in [5.41, 5.74) is 3.40. The maximum absolute atomic E-state index is 13.5. The minimum atomic E-state index is -0.761. The molecule has 210 valence electrons. The third kappa shape index (κ3) is 6.95. The molecule has 1 heterocycles. The predicted octanol–water partition coefficient (Wildman–Crippen LogP) is 6.66. The highest BCUT2D eigenvalue weighted by Crippen LogP contribution is 2.34. The second kappa shape index (κ2) is 13.5. The van der Waals surface area contributed by atoms with Gasteiger partial charge in [-0.1, -0.05) is 103 Å². The van der Waals surface area contributed by atoms with E-state index >= 15 is 0 Å². The number of likely N-dealkylation sites (tertiary alicyclic amines) is 1. The topological polar surface area (TPSA) is 78.8 Å². The minimum Gasteiger partial charge on any atom is -0.342 e. The fraction of sp³-hybridized carbons (Fsp3) is 0.314. The lowest BCUT2D eigenvalue weighted by molar-refractivity contribution is -0.136. The molecule has 0 spiro atoms. The molecule has 4 atom stereocenters. The normalized spacial score (nSPS) is 18.5. The molecule has 4 aromatic carbocycles. The lowest BCUT2D eigenvalue weighted by atomic mass is 9.80. The molecule has 0 saturated carbocycles. The van der Waals surface area contributed by atoms with E-state index in [9.17, 15) is 14.5 Å². The van der Waals surface area contributed by atoms with Crippen molar-refractivity contribution in [2.45, 2.75) is 38.1 Å².